The predicted molar refractivity (Wildman–Crippen MR) is 145 cm³/mol. The number of amides is 1. The van der Waals surface area contributed by atoms with Crippen LogP contribution in [0, 0.1) is 13.8 Å². The SMILES string of the molecule is Cc1ccc(S(=O)(=O)N2C[C@H](C(=O)NCCOc3ccc(C(C)(C)C)cc3)Oc3cc(C)ccc32)cc1. The maximum Gasteiger partial charge on any atom is 0.264 e. The van der Waals surface area contributed by atoms with Crippen molar-refractivity contribution >= 4 is 21.6 Å². The summed E-state index contributed by atoms with van der Waals surface area (Å²) in [5.41, 5.74) is 3.55. The van der Waals surface area contributed by atoms with Crippen molar-refractivity contribution in [2.45, 2.75) is 51.0 Å². The van der Waals surface area contributed by atoms with Crippen molar-refractivity contribution in [1.29, 1.82) is 0 Å². The van der Waals surface area contributed by atoms with Crippen molar-refractivity contribution in [3.05, 3.63) is 83.4 Å². The zero-order valence-electron chi connectivity index (χ0n) is 21.9. The number of ether oxygens (including phenoxy) is 2. The van der Waals surface area contributed by atoms with Gasteiger partial charge < -0.3 is 14.8 Å². The molecule has 0 aliphatic carbocycles. The molecule has 8 heteroatoms. The van der Waals surface area contributed by atoms with Gasteiger partial charge >= 0.3 is 0 Å². The number of nitrogens with zero attached hydrogens (tertiary/aromatic N) is 1. The topological polar surface area (TPSA) is 84.9 Å². The molecule has 3 aromatic carbocycles. The average Bonchev–Trinajstić information content (AvgIpc) is 2.85. The van der Waals surface area contributed by atoms with Crippen LogP contribution < -0.4 is 19.1 Å². The summed E-state index contributed by atoms with van der Waals surface area (Å²) in [7, 11) is -3.90. The van der Waals surface area contributed by atoms with Gasteiger partial charge in [-0.05, 0) is 66.8 Å². The highest BCUT2D eigenvalue weighted by Gasteiger charge is 2.37. The van der Waals surface area contributed by atoms with Crippen LogP contribution in [0.15, 0.2) is 71.6 Å². The fraction of sp³-hybridized carbons (Fsp3) is 0.345. The second-order valence-corrected chi connectivity index (χ2v) is 12.2. The molecule has 0 saturated heterocycles. The van der Waals surface area contributed by atoms with Gasteiger partial charge in [-0.25, -0.2) is 8.42 Å². The molecule has 1 aliphatic rings. The van der Waals surface area contributed by atoms with Gasteiger partial charge in [-0.15, -0.1) is 0 Å². The van der Waals surface area contributed by atoms with Crippen molar-refractivity contribution in [2.24, 2.45) is 0 Å². The molecule has 1 heterocycles. The third kappa shape index (κ3) is 6.07. The number of anilines is 1. The molecular formula is C29H34N2O5S. The highest BCUT2D eigenvalue weighted by molar-refractivity contribution is 7.92. The van der Waals surface area contributed by atoms with Crippen molar-refractivity contribution in [1.82, 2.24) is 5.32 Å². The molecule has 0 unspecified atom stereocenters. The standard InChI is InChI=1S/C29H34N2O5S/c1-20-6-13-24(14-7-20)37(33,34)31-19-27(36-26-18-21(2)8-15-25(26)31)28(32)30-16-17-35-23-11-9-22(10-12-23)29(3,4)5/h6-15,18,27H,16-17,19H2,1-5H3,(H,30,32)/t27-/m1/s1. The van der Waals surface area contributed by atoms with Crippen LogP contribution in [0.2, 0.25) is 0 Å². The lowest BCUT2D eigenvalue weighted by Crippen LogP contribution is -2.51. The number of carbonyl (C=O) groups is 1. The molecule has 7 nitrogen and oxygen atoms in total. The fourth-order valence-corrected chi connectivity index (χ4v) is 5.55. The zero-order valence-corrected chi connectivity index (χ0v) is 22.8. The van der Waals surface area contributed by atoms with Crippen molar-refractivity contribution < 1.29 is 22.7 Å². The van der Waals surface area contributed by atoms with E-state index in [0.717, 1.165) is 16.9 Å². The van der Waals surface area contributed by atoms with Gasteiger partial charge in [0.2, 0.25) is 0 Å². The first-order valence-electron chi connectivity index (χ1n) is 12.3. The lowest BCUT2D eigenvalue weighted by atomic mass is 9.87. The number of hydrogen-bond donors (Lipinski definition) is 1. The summed E-state index contributed by atoms with van der Waals surface area (Å²) in [6.45, 7) is 10.6. The van der Waals surface area contributed by atoms with Crippen LogP contribution in [0.25, 0.3) is 0 Å². The Bertz CT molecular complexity index is 1360. The molecule has 0 bridgehead atoms. The van der Waals surface area contributed by atoms with Crippen molar-refractivity contribution in [2.75, 3.05) is 24.0 Å². The molecular weight excluding hydrogens is 488 g/mol. The fourth-order valence-electron chi connectivity index (χ4n) is 4.07. The summed E-state index contributed by atoms with van der Waals surface area (Å²) in [5.74, 6) is 0.677. The third-order valence-corrected chi connectivity index (χ3v) is 8.07. The van der Waals surface area contributed by atoms with Crippen LogP contribution in [0.1, 0.15) is 37.5 Å². The van der Waals surface area contributed by atoms with Gasteiger partial charge in [0.05, 0.1) is 23.7 Å². The van der Waals surface area contributed by atoms with E-state index in [1.807, 2.05) is 44.2 Å². The van der Waals surface area contributed by atoms with Gasteiger partial charge in [-0.3, -0.25) is 9.10 Å². The molecule has 196 valence electrons. The minimum atomic E-state index is -3.90. The number of rotatable bonds is 7. The molecule has 0 fully saturated rings. The summed E-state index contributed by atoms with van der Waals surface area (Å²) in [6.07, 6.45) is -0.999. The lowest BCUT2D eigenvalue weighted by molar-refractivity contribution is -0.127. The Morgan fingerprint density at radius 3 is 2.30 bits per heavy atom. The first kappa shape index (κ1) is 26.5. The average molecular weight is 523 g/mol. The number of aryl methyl sites for hydroxylation is 2. The molecule has 0 spiro atoms. The van der Waals surface area contributed by atoms with Crippen LogP contribution in [0.5, 0.6) is 11.5 Å². The minimum Gasteiger partial charge on any atom is -0.492 e. The Balaban J connectivity index is 1.43. The Labute approximate surface area is 219 Å². The van der Waals surface area contributed by atoms with E-state index >= 15 is 0 Å². The first-order valence-corrected chi connectivity index (χ1v) is 13.8. The quantitative estimate of drug-likeness (QED) is 0.453. The van der Waals surface area contributed by atoms with Gasteiger partial charge in [0.25, 0.3) is 15.9 Å². The second kappa shape index (κ2) is 10.5. The summed E-state index contributed by atoms with van der Waals surface area (Å²) >= 11 is 0. The van der Waals surface area contributed by atoms with Crippen LogP contribution in [-0.4, -0.2) is 40.1 Å². The number of fused-ring (bicyclic) bond motifs is 1. The van der Waals surface area contributed by atoms with Gasteiger partial charge in [0, 0.05) is 0 Å². The summed E-state index contributed by atoms with van der Waals surface area (Å²) < 4.78 is 40.1. The van der Waals surface area contributed by atoms with E-state index in [4.69, 9.17) is 9.47 Å². The highest BCUT2D eigenvalue weighted by Crippen LogP contribution is 2.37. The Morgan fingerprint density at radius 1 is 1.00 bits per heavy atom. The predicted octanol–water partition coefficient (Wildman–Crippen LogP) is 4.75. The number of hydrogen-bond acceptors (Lipinski definition) is 5. The number of sulfonamides is 1. The maximum atomic E-state index is 13.5. The second-order valence-electron chi connectivity index (χ2n) is 10.3. The van der Waals surface area contributed by atoms with E-state index in [0.29, 0.717) is 11.4 Å². The Hall–Kier alpha value is -3.52. The molecule has 1 aliphatic heterocycles. The molecule has 3 aromatic rings. The summed E-state index contributed by atoms with van der Waals surface area (Å²) in [6, 6.07) is 19.8. The van der Waals surface area contributed by atoms with E-state index in [-0.39, 0.29) is 30.0 Å². The van der Waals surface area contributed by atoms with Crippen LogP contribution in [-0.2, 0) is 20.2 Å². The molecule has 4 rings (SSSR count). The molecule has 0 saturated carbocycles. The van der Waals surface area contributed by atoms with E-state index < -0.39 is 22.0 Å². The van der Waals surface area contributed by atoms with E-state index in [1.54, 1.807) is 36.4 Å². The van der Waals surface area contributed by atoms with E-state index in [9.17, 15) is 13.2 Å². The molecule has 1 N–H and O–H groups in total. The van der Waals surface area contributed by atoms with Crippen LogP contribution in [0.3, 0.4) is 0 Å². The first-order chi connectivity index (χ1) is 17.4. The minimum absolute atomic E-state index is 0.0600. The molecule has 1 atom stereocenters. The van der Waals surface area contributed by atoms with Gasteiger partial charge in [-0.1, -0.05) is 56.7 Å². The lowest BCUT2D eigenvalue weighted by Gasteiger charge is -2.35. The molecule has 37 heavy (non-hydrogen) atoms. The molecule has 0 radical (unpaired) electrons. The highest BCUT2D eigenvalue weighted by atomic mass is 32.2. The number of carbonyl (C=O) groups excluding carboxylic acids is 1. The normalized spacial score (nSPS) is 15.5. The van der Waals surface area contributed by atoms with Gasteiger partial charge in [-0.2, -0.15) is 0 Å². The monoisotopic (exact) mass is 522 g/mol. The maximum absolute atomic E-state index is 13.5. The molecule has 1 amide bonds. The van der Waals surface area contributed by atoms with E-state index in [1.165, 1.54) is 9.87 Å². The van der Waals surface area contributed by atoms with Crippen molar-refractivity contribution in [3.63, 3.8) is 0 Å². The Morgan fingerprint density at radius 2 is 1.65 bits per heavy atom. The largest absolute Gasteiger partial charge is 0.492 e. The summed E-state index contributed by atoms with van der Waals surface area (Å²) in [5, 5.41) is 2.81. The number of benzene rings is 3. The van der Waals surface area contributed by atoms with Crippen LogP contribution >= 0.6 is 0 Å². The molecule has 0 aromatic heterocycles. The van der Waals surface area contributed by atoms with Crippen molar-refractivity contribution in [3.8, 4) is 11.5 Å². The van der Waals surface area contributed by atoms with Crippen LogP contribution in [0.4, 0.5) is 5.69 Å². The Kier molecular flexibility index (Phi) is 7.50. The zero-order chi connectivity index (χ0) is 26.8. The van der Waals surface area contributed by atoms with Gasteiger partial charge in [0.15, 0.2) is 6.10 Å². The smallest absolute Gasteiger partial charge is 0.264 e. The van der Waals surface area contributed by atoms with Gasteiger partial charge in [0.1, 0.15) is 18.1 Å². The number of nitrogens with one attached hydrogen (secondary N) is 1. The third-order valence-electron chi connectivity index (χ3n) is 6.28. The summed E-state index contributed by atoms with van der Waals surface area (Å²) in [4.78, 5) is 13.2. The van der Waals surface area contributed by atoms with E-state index in [2.05, 4.69) is 26.1 Å².